The number of esters is 1. The van der Waals surface area contributed by atoms with E-state index in [1.54, 1.807) is 29.1 Å². The number of amides is 2. The van der Waals surface area contributed by atoms with Crippen LogP contribution in [-0.2, 0) is 16.0 Å². The van der Waals surface area contributed by atoms with Gasteiger partial charge in [0, 0.05) is 23.7 Å². The van der Waals surface area contributed by atoms with Crippen LogP contribution in [0.4, 0.5) is 4.79 Å². The van der Waals surface area contributed by atoms with Crippen LogP contribution < -0.4 is 5.32 Å². The molecule has 2 heterocycles. The second kappa shape index (κ2) is 9.34. The van der Waals surface area contributed by atoms with Gasteiger partial charge in [-0.15, -0.1) is 0 Å². The molecule has 2 aromatic rings. The predicted octanol–water partition coefficient (Wildman–Crippen LogP) is 3.01. The van der Waals surface area contributed by atoms with Gasteiger partial charge in [0.2, 0.25) is 0 Å². The third-order valence-corrected chi connectivity index (χ3v) is 5.62. The third-order valence-electron chi connectivity index (χ3n) is 4.74. The van der Waals surface area contributed by atoms with Crippen molar-refractivity contribution in [3.8, 4) is 0 Å². The van der Waals surface area contributed by atoms with Crippen molar-refractivity contribution >= 4 is 35.4 Å². The standard InChI is InChI=1S/C19H23ClN4O3S/c1-27-18(25)15(7-9-28-2)23-19(26)24-8-6-14-16(22-11-21-14)17(24)12-4-3-5-13(20)10-12/h3-5,10-11,15,17H,6-9H2,1-2H3,(H,21,22)(H,23,26)/t15-,17-/m0/s1. The molecule has 1 aromatic heterocycles. The number of rotatable bonds is 6. The minimum Gasteiger partial charge on any atom is -0.467 e. The molecule has 150 valence electrons. The summed E-state index contributed by atoms with van der Waals surface area (Å²) in [4.78, 5) is 34.5. The molecule has 0 unspecified atom stereocenters. The minimum atomic E-state index is -0.689. The van der Waals surface area contributed by atoms with Gasteiger partial charge in [0.05, 0.1) is 19.1 Å². The molecule has 0 aliphatic carbocycles. The average molecular weight is 423 g/mol. The van der Waals surface area contributed by atoms with Crippen molar-refractivity contribution in [1.82, 2.24) is 20.2 Å². The van der Waals surface area contributed by atoms with Gasteiger partial charge in [-0.2, -0.15) is 11.8 Å². The van der Waals surface area contributed by atoms with Crippen LogP contribution in [0, 0.1) is 0 Å². The Morgan fingerprint density at radius 3 is 3.04 bits per heavy atom. The van der Waals surface area contributed by atoms with E-state index >= 15 is 0 Å². The number of imidazole rings is 1. The second-order valence-electron chi connectivity index (χ2n) is 6.47. The van der Waals surface area contributed by atoms with E-state index in [0.717, 1.165) is 22.7 Å². The molecule has 1 aliphatic heterocycles. The maximum atomic E-state index is 13.1. The summed E-state index contributed by atoms with van der Waals surface area (Å²) in [7, 11) is 1.33. The molecule has 1 aromatic carbocycles. The molecule has 3 rings (SSSR count). The summed E-state index contributed by atoms with van der Waals surface area (Å²) in [5, 5.41) is 3.43. The number of carbonyl (C=O) groups is 2. The molecule has 0 radical (unpaired) electrons. The first-order chi connectivity index (χ1) is 13.5. The van der Waals surface area contributed by atoms with E-state index in [1.807, 2.05) is 24.5 Å². The minimum absolute atomic E-state index is 0.324. The fourth-order valence-electron chi connectivity index (χ4n) is 3.37. The zero-order valence-electron chi connectivity index (χ0n) is 15.8. The number of carbonyl (C=O) groups excluding carboxylic acids is 2. The third kappa shape index (κ3) is 4.44. The van der Waals surface area contributed by atoms with Gasteiger partial charge in [0.25, 0.3) is 0 Å². The van der Waals surface area contributed by atoms with Crippen molar-refractivity contribution in [3.63, 3.8) is 0 Å². The summed E-state index contributed by atoms with van der Waals surface area (Å²) in [6.07, 6.45) is 4.75. The maximum Gasteiger partial charge on any atom is 0.328 e. The molecule has 9 heteroatoms. The summed E-state index contributed by atoms with van der Waals surface area (Å²) in [5.41, 5.74) is 2.66. The van der Waals surface area contributed by atoms with E-state index in [4.69, 9.17) is 16.3 Å². The monoisotopic (exact) mass is 422 g/mol. The zero-order valence-corrected chi connectivity index (χ0v) is 17.3. The van der Waals surface area contributed by atoms with Crippen LogP contribution in [0.25, 0.3) is 0 Å². The van der Waals surface area contributed by atoms with Crippen molar-refractivity contribution in [2.75, 3.05) is 25.7 Å². The molecule has 2 N–H and O–H groups in total. The number of urea groups is 1. The Morgan fingerprint density at radius 2 is 2.32 bits per heavy atom. The largest absolute Gasteiger partial charge is 0.467 e. The van der Waals surface area contributed by atoms with Crippen LogP contribution in [0.2, 0.25) is 5.02 Å². The van der Waals surface area contributed by atoms with Gasteiger partial charge in [-0.05, 0) is 36.1 Å². The van der Waals surface area contributed by atoms with Gasteiger partial charge in [0.1, 0.15) is 12.1 Å². The highest BCUT2D eigenvalue weighted by Gasteiger charge is 2.35. The van der Waals surface area contributed by atoms with Crippen LogP contribution in [0.15, 0.2) is 30.6 Å². The highest BCUT2D eigenvalue weighted by atomic mass is 35.5. The molecule has 2 atom stereocenters. The Labute approximate surface area is 173 Å². The first kappa shape index (κ1) is 20.5. The number of H-pyrrole nitrogens is 1. The Hall–Kier alpha value is -2.19. The van der Waals surface area contributed by atoms with E-state index in [0.29, 0.717) is 24.4 Å². The number of methoxy groups -OCH3 is 1. The number of aromatic amines is 1. The normalized spacial score (nSPS) is 17.0. The number of nitrogens with one attached hydrogen (secondary N) is 2. The molecule has 7 nitrogen and oxygen atoms in total. The lowest BCUT2D eigenvalue weighted by molar-refractivity contribution is -0.142. The van der Waals surface area contributed by atoms with Crippen LogP contribution >= 0.6 is 23.4 Å². The van der Waals surface area contributed by atoms with Gasteiger partial charge in [-0.25, -0.2) is 14.6 Å². The van der Waals surface area contributed by atoms with E-state index in [-0.39, 0.29) is 12.1 Å². The molecular formula is C19H23ClN4O3S. The maximum absolute atomic E-state index is 13.1. The quantitative estimate of drug-likeness (QED) is 0.699. The van der Waals surface area contributed by atoms with Crippen LogP contribution in [0.1, 0.15) is 29.4 Å². The summed E-state index contributed by atoms with van der Waals surface area (Å²) in [6.45, 7) is 0.495. The highest BCUT2D eigenvalue weighted by Crippen LogP contribution is 2.34. The predicted molar refractivity (Wildman–Crippen MR) is 110 cm³/mol. The summed E-state index contributed by atoms with van der Waals surface area (Å²) in [5.74, 6) is 0.292. The van der Waals surface area contributed by atoms with E-state index in [9.17, 15) is 9.59 Å². The van der Waals surface area contributed by atoms with Gasteiger partial charge in [-0.1, -0.05) is 23.7 Å². The first-order valence-electron chi connectivity index (χ1n) is 8.96. The Kier molecular flexibility index (Phi) is 6.85. The van der Waals surface area contributed by atoms with Gasteiger partial charge in [0.15, 0.2) is 0 Å². The van der Waals surface area contributed by atoms with Crippen molar-refractivity contribution in [2.45, 2.75) is 24.9 Å². The van der Waals surface area contributed by atoms with E-state index in [2.05, 4.69) is 15.3 Å². The van der Waals surface area contributed by atoms with Crippen molar-refractivity contribution in [2.24, 2.45) is 0 Å². The molecule has 1 aliphatic rings. The van der Waals surface area contributed by atoms with Gasteiger partial charge >= 0.3 is 12.0 Å². The fourth-order valence-corrected chi connectivity index (χ4v) is 4.04. The lowest BCUT2D eigenvalue weighted by atomic mass is 9.96. The number of hydrogen-bond donors (Lipinski definition) is 2. The Morgan fingerprint density at radius 1 is 1.50 bits per heavy atom. The first-order valence-corrected chi connectivity index (χ1v) is 10.7. The number of benzene rings is 1. The molecule has 2 amide bonds. The Bertz CT molecular complexity index is 844. The van der Waals surface area contributed by atoms with Gasteiger partial charge in [-0.3, -0.25) is 0 Å². The van der Waals surface area contributed by atoms with Crippen LogP contribution in [0.3, 0.4) is 0 Å². The molecular weight excluding hydrogens is 400 g/mol. The molecule has 0 saturated carbocycles. The van der Waals surface area contributed by atoms with Gasteiger partial charge < -0.3 is 19.9 Å². The van der Waals surface area contributed by atoms with Crippen molar-refractivity contribution < 1.29 is 14.3 Å². The molecule has 0 bridgehead atoms. The molecule has 28 heavy (non-hydrogen) atoms. The number of aromatic nitrogens is 2. The number of hydrogen-bond acceptors (Lipinski definition) is 5. The Balaban J connectivity index is 1.88. The smallest absolute Gasteiger partial charge is 0.328 e. The van der Waals surface area contributed by atoms with Crippen LogP contribution in [0.5, 0.6) is 0 Å². The van der Waals surface area contributed by atoms with Crippen LogP contribution in [-0.4, -0.2) is 58.6 Å². The number of fused-ring (bicyclic) bond motifs is 1. The topological polar surface area (TPSA) is 87.3 Å². The molecule has 0 saturated heterocycles. The number of thioether (sulfide) groups is 1. The average Bonchev–Trinajstić information content (AvgIpc) is 3.18. The van der Waals surface area contributed by atoms with Crippen molar-refractivity contribution in [3.05, 3.63) is 52.6 Å². The second-order valence-corrected chi connectivity index (χ2v) is 7.90. The fraction of sp³-hybridized carbons (Fsp3) is 0.421. The lowest BCUT2D eigenvalue weighted by Gasteiger charge is -2.36. The number of halogens is 1. The number of ether oxygens (including phenoxy) is 1. The molecule has 0 spiro atoms. The van der Waals surface area contributed by atoms with E-state index in [1.165, 1.54) is 7.11 Å². The van der Waals surface area contributed by atoms with E-state index < -0.39 is 12.0 Å². The SMILES string of the molecule is COC(=O)[C@H](CCSC)NC(=O)N1CCc2[nH]cnc2[C@@H]1c1cccc(Cl)c1. The zero-order chi connectivity index (χ0) is 20.1. The summed E-state index contributed by atoms with van der Waals surface area (Å²) in [6, 6.07) is 6.01. The lowest BCUT2D eigenvalue weighted by Crippen LogP contribution is -2.51. The summed E-state index contributed by atoms with van der Waals surface area (Å²) >= 11 is 7.79. The number of nitrogens with zero attached hydrogens (tertiary/aromatic N) is 2. The highest BCUT2D eigenvalue weighted by molar-refractivity contribution is 7.98. The van der Waals surface area contributed by atoms with Crippen molar-refractivity contribution in [1.29, 1.82) is 0 Å². The molecule has 0 fully saturated rings. The summed E-state index contributed by atoms with van der Waals surface area (Å²) < 4.78 is 4.85.